The van der Waals surface area contributed by atoms with Gasteiger partial charge in [-0.3, -0.25) is 0 Å². The van der Waals surface area contributed by atoms with Gasteiger partial charge in [0.2, 0.25) is 0 Å². The zero-order valence-electron chi connectivity index (χ0n) is 12.1. The lowest BCUT2D eigenvalue weighted by Crippen LogP contribution is -2.28. The highest BCUT2D eigenvalue weighted by atomic mass is 35.5. The summed E-state index contributed by atoms with van der Waals surface area (Å²) >= 11 is 0. The number of aromatic nitrogens is 2. The average molecular weight is 332 g/mol. The zero-order valence-corrected chi connectivity index (χ0v) is 13.7. The molecule has 0 unspecified atom stereocenters. The van der Waals surface area contributed by atoms with Gasteiger partial charge in [0.25, 0.3) is 0 Å². The molecule has 0 saturated carbocycles. The molecule has 1 aliphatic heterocycles. The normalized spacial score (nSPS) is 16.1. The Hall–Kier alpha value is -1.10. The number of fused-ring (bicyclic) bond motifs is 1. The Morgan fingerprint density at radius 1 is 1.19 bits per heavy atom. The molecule has 0 aliphatic carbocycles. The van der Waals surface area contributed by atoms with E-state index in [0.717, 1.165) is 25.2 Å². The second kappa shape index (κ2) is 6.77. The molecule has 116 valence electrons. The second-order valence-corrected chi connectivity index (χ2v) is 5.95. The molecule has 0 saturated heterocycles. The number of nitrogens with zero attached hydrogens (tertiary/aromatic N) is 2. The fraction of sp³-hybridized carbons (Fsp3) is 0.400. The van der Waals surface area contributed by atoms with Crippen LogP contribution in [0.25, 0.3) is 5.69 Å². The first-order valence-electron chi connectivity index (χ1n) is 6.58. The summed E-state index contributed by atoms with van der Waals surface area (Å²) in [5.41, 5.74) is 3.57. The van der Waals surface area contributed by atoms with E-state index in [9.17, 15) is 4.39 Å². The van der Waals surface area contributed by atoms with Crippen LogP contribution in [0.1, 0.15) is 25.1 Å². The number of hydrogen-bond acceptors (Lipinski definition) is 2. The molecule has 1 N–H and O–H groups in total. The molecule has 0 spiro atoms. The molecule has 0 fully saturated rings. The lowest BCUT2D eigenvalue weighted by Gasteiger charge is -2.22. The van der Waals surface area contributed by atoms with Crippen LogP contribution in [0.4, 0.5) is 4.39 Å². The monoisotopic (exact) mass is 331 g/mol. The molecule has 0 bridgehead atoms. The van der Waals surface area contributed by atoms with E-state index in [-0.39, 0.29) is 36.0 Å². The first kappa shape index (κ1) is 18.0. The first-order chi connectivity index (χ1) is 9.05. The molecule has 2 heterocycles. The smallest absolute Gasteiger partial charge is 0.123 e. The maximum absolute atomic E-state index is 13.0. The molecule has 1 aromatic heterocycles. The molecule has 2 aromatic rings. The minimum atomic E-state index is -0.219. The quantitative estimate of drug-likeness (QED) is 0.866. The molecule has 0 amide bonds. The van der Waals surface area contributed by atoms with E-state index in [0.29, 0.717) is 0 Å². The van der Waals surface area contributed by atoms with Crippen molar-refractivity contribution in [2.45, 2.75) is 26.8 Å². The Labute approximate surface area is 136 Å². The van der Waals surface area contributed by atoms with Gasteiger partial charge in [-0.25, -0.2) is 9.07 Å². The lowest BCUT2D eigenvalue weighted by molar-refractivity contribution is 0.343. The van der Waals surface area contributed by atoms with E-state index in [1.807, 2.05) is 10.9 Å². The van der Waals surface area contributed by atoms with Gasteiger partial charge in [0.1, 0.15) is 5.82 Å². The summed E-state index contributed by atoms with van der Waals surface area (Å²) in [4.78, 5) is 0. The summed E-state index contributed by atoms with van der Waals surface area (Å²) in [5, 5.41) is 7.91. The van der Waals surface area contributed by atoms with Crippen molar-refractivity contribution in [1.29, 1.82) is 0 Å². The van der Waals surface area contributed by atoms with Gasteiger partial charge in [-0.05, 0) is 36.1 Å². The van der Waals surface area contributed by atoms with Crippen LogP contribution in [-0.4, -0.2) is 16.3 Å². The fourth-order valence-electron chi connectivity index (χ4n) is 2.60. The molecular weight excluding hydrogens is 312 g/mol. The third-order valence-electron chi connectivity index (χ3n) is 3.59. The predicted octanol–water partition coefficient (Wildman–Crippen LogP) is 3.53. The van der Waals surface area contributed by atoms with Crippen LogP contribution in [0.5, 0.6) is 0 Å². The highest BCUT2D eigenvalue weighted by molar-refractivity contribution is 5.85. The lowest BCUT2D eigenvalue weighted by atomic mass is 9.88. The van der Waals surface area contributed by atoms with Crippen LogP contribution in [-0.2, 0) is 13.0 Å². The summed E-state index contributed by atoms with van der Waals surface area (Å²) in [6.07, 6.45) is 2.87. The van der Waals surface area contributed by atoms with Crippen LogP contribution in [0, 0.1) is 11.2 Å². The molecule has 3 nitrogen and oxygen atoms in total. The highest BCUT2D eigenvalue weighted by Crippen LogP contribution is 2.27. The number of nitrogens with one attached hydrogen (secondary N) is 1. The van der Waals surface area contributed by atoms with Crippen molar-refractivity contribution in [3.63, 3.8) is 0 Å². The highest BCUT2D eigenvalue weighted by Gasteiger charge is 2.26. The van der Waals surface area contributed by atoms with Crippen molar-refractivity contribution in [1.82, 2.24) is 15.1 Å². The van der Waals surface area contributed by atoms with Crippen LogP contribution in [0.15, 0.2) is 30.5 Å². The molecule has 6 heteroatoms. The van der Waals surface area contributed by atoms with Gasteiger partial charge in [-0.1, -0.05) is 13.8 Å². The third kappa shape index (κ3) is 3.76. The summed E-state index contributed by atoms with van der Waals surface area (Å²) in [6, 6.07) is 6.49. The van der Waals surface area contributed by atoms with Crippen LogP contribution >= 0.6 is 24.8 Å². The van der Waals surface area contributed by atoms with Gasteiger partial charge in [-0.15, -0.1) is 24.8 Å². The van der Waals surface area contributed by atoms with E-state index in [1.165, 1.54) is 23.4 Å². The maximum Gasteiger partial charge on any atom is 0.123 e. The molecule has 1 aromatic carbocycles. The molecule has 3 rings (SSSR count). The first-order valence-corrected chi connectivity index (χ1v) is 6.58. The minimum Gasteiger partial charge on any atom is -0.312 e. The Bertz CT molecular complexity index is 593. The van der Waals surface area contributed by atoms with Gasteiger partial charge < -0.3 is 5.32 Å². The van der Waals surface area contributed by atoms with Gasteiger partial charge in [0, 0.05) is 24.3 Å². The zero-order chi connectivity index (χ0) is 13.5. The molecule has 0 atom stereocenters. The molecule has 0 radical (unpaired) electrons. The van der Waals surface area contributed by atoms with Crippen molar-refractivity contribution >= 4 is 24.8 Å². The number of benzene rings is 1. The Morgan fingerprint density at radius 2 is 1.86 bits per heavy atom. The summed E-state index contributed by atoms with van der Waals surface area (Å²) in [6.45, 7) is 6.33. The summed E-state index contributed by atoms with van der Waals surface area (Å²) in [7, 11) is 0. The van der Waals surface area contributed by atoms with Gasteiger partial charge in [-0.2, -0.15) is 5.10 Å². The number of hydrogen-bond donors (Lipinski definition) is 1. The summed E-state index contributed by atoms with van der Waals surface area (Å²) in [5.74, 6) is -0.219. The van der Waals surface area contributed by atoms with E-state index in [2.05, 4.69) is 24.3 Å². The van der Waals surface area contributed by atoms with E-state index < -0.39 is 0 Å². The van der Waals surface area contributed by atoms with Crippen molar-refractivity contribution in [3.05, 3.63) is 47.5 Å². The average Bonchev–Trinajstić information content (AvgIpc) is 2.66. The maximum atomic E-state index is 13.0. The largest absolute Gasteiger partial charge is 0.312 e. The molecule has 1 aliphatic rings. The minimum absolute atomic E-state index is 0. The topological polar surface area (TPSA) is 29.9 Å². The van der Waals surface area contributed by atoms with Crippen molar-refractivity contribution in [2.24, 2.45) is 5.41 Å². The Kier molecular flexibility index (Phi) is 5.79. The fourth-order valence-corrected chi connectivity index (χ4v) is 2.60. The van der Waals surface area contributed by atoms with Crippen molar-refractivity contribution < 1.29 is 4.39 Å². The predicted molar refractivity (Wildman–Crippen MR) is 87.2 cm³/mol. The van der Waals surface area contributed by atoms with Gasteiger partial charge in [0.05, 0.1) is 11.9 Å². The number of rotatable bonds is 1. The second-order valence-electron chi connectivity index (χ2n) is 5.95. The van der Waals surface area contributed by atoms with Gasteiger partial charge in [0.15, 0.2) is 0 Å². The van der Waals surface area contributed by atoms with Crippen LogP contribution in [0.3, 0.4) is 0 Å². The third-order valence-corrected chi connectivity index (χ3v) is 3.59. The van der Waals surface area contributed by atoms with Crippen molar-refractivity contribution in [2.75, 3.05) is 6.54 Å². The van der Waals surface area contributed by atoms with Crippen molar-refractivity contribution in [3.8, 4) is 5.69 Å². The standard InChI is InChI=1S/C15H18FN3.2ClH/c1-15(2)7-14-11(8-17-10-15)9-18-19(14)13-5-3-12(16)4-6-13;;/h3-6,9,17H,7-8,10H2,1-2H3;2*1H. The van der Waals surface area contributed by atoms with E-state index in [4.69, 9.17) is 0 Å². The Balaban J connectivity index is 0.00000110. The van der Waals surface area contributed by atoms with E-state index in [1.54, 1.807) is 12.1 Å². The molecule has 21 heavy (non-hydrogen) atoms. The van der Waals surface area contributed by atoms with Crippen LogP contribution < -0.4 is 5.32 Å². The van der Waals surface area contributed by atoms with Gasteiger partial charge >= 0.3 is 0 Å². The summed E-state index contributed by atoms with van der Waals surface area (Å²) < 4.78 is 14.9. The van der Waals surface area contributed by atoms with Crippen LogP contribution in [0.2, 0.25) is 0 Å². The number of halogens is 3. The molecular formula is C15H20Cl2FN3. The SMILES string of the molecule is CC1(C)CNCc2cnn(-c3ccc(F)cc3)c2C1.Cl.Cl. The Morgan fingerprint density at radius 3 is 2.52 bits per heavy atom. The van der Waals surface area contributed by atoms with E-state index >= 15 is 0 Å².